The van der Waals surface area contributed by atoms with E-state index in [2.05, 4.69) is 20.2 Å². The molecule has 2 rings (SSSR count). The largest absolute Gasteiger partial charge is 0.356 e. The lowest BCUT2D eigenvalue weighted by molar-refractivity contribution is -0.126. The van der Waals surface area contributed by atoms with Crippen LogP contribution in [0.25, 0.3) is 0 Å². The van der Waals surface area contributed by atoms with Crippen molar-refractivity contribution in [1.82, 2.24) is 15.3 Å². The van der Waals surface area contributed by atoms with Crippen molar-refractivity contribution < 1.29 is 4.79 Å². The zero-order valence-electron chi connectivity index (χ0n) is 13.3. The number of carbonyl (C=O) groups is 1. The summed E-state index contributed by atoms with van der Waals surface area (Å²) in [6.07, 6.45) is 1.81. The highest BCUT2D eigenvalue weighted by molar-refractivity contribution is 5.85. The molecule has 0 atom stereocenters. The van der Waals surface area contributed by atoms with Crippen molar-refractivity contribution in [2.75, 3.05) is 18.0 Å². The Kier molecular flexibility index (Phi) is 4.46. The Bertz CT molecular complexity index is 495. The van der Waals surface area contributed by atoms with E-state index in [9.17, 15) is 4.79 Å². The van der Waals surface area contributed by atoms with E-state index in [0.29, 0.717) is 0 Å². The highest BCUT2D eigenvalue weighted by Gasteiger charge is 2.27. The number of rotatable bonds is 3. The number of nitrogens with zero attached hydrogens (tertiary/aromatic N) is 3. The summed E-state index contributed by atoms with van der Waals surface area (Å²) >= 11 is 0. The van der Waals surface area contributed by atoms with Gasteiger partial charge in [0, 0.05) is 30.9 Å². The van der Waals surface area contributed by atoms with Crippen LogP contribution >= 0.6 is 0 Å². The number of aryl methyl sites for hydroxylation is 2. The third kappa shape index (κ3) is 4.14. The number of hydrogen-bond donors (Lipinski definition) is 2. The average Bonchev–Trinajstić information content (AvgIpc) is 2.37. The Morgan fingerprint density at radius 2 is 1.95 bits per heavy atom. The molecule has 1 aliphatic heterocycles. The number of amides is 1. The molecule has 6 nitrogen and oxygen atoms in total. The molecule has 0 unspecified atom stereocenters. The number of aromatic nitrogens is 2. The van der Waals surface area contributed by atoms with Crippen LogP contribution in [0, 0.1) is 13.8 Å². The minimum atomic E-state index is -0.821. The van der Waals surface area contributed by atoms with Gasteiger partial charge in [0.25, 0.3) is 0 Å². The molecule has 1 aromatic rings. The molecule has 6 heteroatoms. The number of carbonyl (C=O) groups excluding carboxylic acids is 1. The molecule has 1 saturated heterocycles. The van der Waals surface area contributed by atoms with E-state index in [1.807, 2.05) is 19.9 Å². The Labute approximate surface area is 126 Å². The monoisotopic (exact) mass is 291 g/mol. The summed E-state index contributed by atoms with van der Waals surface area (Å²) in [7, 11) is 0. The molecule has 0 bridgehead atoms. The van der Waals surface area contributed by atoms with Gasteiger partial charge >= 0.3 is 0 Å². The summed E-state index contributed by atoms with van der Waals surface area (Å²) in [5.41, 5.74) is 5.97. The summed E-state index contributed by atoms with van der Waals surface area (Å²) in [5, 5.41) is 3.03. The molecular formula is C15H25N5O. The second-order valence-electron chi connectivity index (χ2n) is 6.37. The van der Waals surface area contributed by atoms with Crippen LogP contribution in [0.5, 0.6) is 0 Å². The van der Waals surface area contributed by atoms with Gasteiger partial charge in [0.05, 0.1) is 5.54 Å². The molecule has 0 radical (unpaired) electrons. The number of hydrogen-bond acceptors (Lipinski definition) is 5. The maximum atomic E-state index is 11.9. The maximum Gasteiger partial charge on any atom is 0.239 e. The summed E-state index contributed by atoms with van der Waals surface area (Å²) in [5.74, 6) is 1.68. The molecule has 116 valence electrons. The molecule has 1 aliphatic rings. The van der Waals surface area contributed by atoms with Crippen molar-refractivity contribution in [3.63, 3.8) is 0 Å². The van der Waals surface area contributed by atoms with Crippen LogP contribution < -0.4 is 16.0 Å². The molecule has 1 aromatic heterocycles. The van der Waals surface area contributed by atoms with E-state index >= 15 is 0 Å². The quantitative estimate of drug-likeness (QED) is 0.865. The molecule has 0 aromatic carbocycles. The summed E-state index contributed by atoms with van der Waals surface area (Å²) in [6.45, 7) is 9.10. The smallest absolute Gasteiger partial charge is 0.239 e. The third-order valence-corrected chi connectivity index (χ3v) is 3.69. The third-order valence-electron chi connectivity index (χ3n) is 3.69. The molecule has 1 amide bonds. The first kappa shape index (κ1) is 15.7. The molecule has 21 heavy (non-hydrogen) atoms. The predicted molar refractivity (Wildman–Crippen MR) is 83.2 cm³/mol. The fraction of sp³-hybridized carbons (Fsp3) is 0.667. The second-order valence-corrected chi connectivity index (χ2v) is 6.37. The van der Waals surface area contributed by atoms with Gasteiger partial charge in [-0.05, 0) is 40.5 Å². The van der Waals surface area contributed by atoms with Gasteiger partial charge in [-0.2, -0.15) is 0 Å². The zero-order chi connectivity index (χ0) is 15.6. The number of nitrogens with two attached hydrogens (primary N) is 1. The molecule has 3 N–H and O–H groups in total. The molecular weight excluding hydrogens is 266 g/mol. The van der Waals surface area contributed by atoms with Crippen LogP contribution in [-0.4, -0.2) is 40.5 Å². The molecule has 0 saturated carbocycles. The molecule has 1 fully saturated rings. The van der Waals surface area contributed by atoms with Crippen LogP contribution in [0.1, 0.15) is 38.2 Å². The lowest BCUT2D eigenvalue weighted by atomic mass is 10.0. The minimum absolute atomic E-state index is 0.0883. The van der Waals surface area contributed by atoms with Crippen LogP contribution in [0.3, 0.4) is 0 Å². The van der Waals surface area contributed by atoms with Crippen molar-refractivity contribution in [2.45, 2.75) is 52.1 Å². The molecule has 0 spiro atoms. The number of anilines is 1. The standard InChI is InChI=1S/C15H25N5O/c1-10-9-13(18-11(2)17-10)20-7-5-12(6-8-20)19-14(21)15(3,4)16/h9,12H,5-8,16H2,1-4H3,(H,19,21). The Hall–Kier alpha value is -1.69. The van der Waals surface area contributed by atoms with Crippen molar-refractivity contribution in [1.29, 1.82) is 0 Å². The van der Waals surface area contributed by atoms with Gasteiger partial charge in [0.15, 0.2) is 0 Å². The van der Waals surface area contributed by atoms with Crippen molar-refractivity contribution in [2.24, 2.45) is 5.73 Å². The fourth-order valence-corrected chi connectivity index (χ4v) is 2.48. The summed E-state index contributed by atoms with van der Waals surface area (Å²) in [6, 6.07) is 2.20. The molecule has 0 aliphatic carbocycles. The van der Waals surface area contributed by atoms with Crippen LogP contribution in [0.4, 0.5) is 5.82 Å². The van der Waals surface area contributed by atoms with E-state index in [-0.39, 0.29) is 11.9 Å². The average molecular weight is 291 g/mol. The zero-order valence-corrected chi connectivity index (χ0v) is 13.3. The van der Waals surface area contributed by atoms with Gasteiger partial charge < -0.3 is 16.0 Å². The van der Waals surface area contributed by atoms with Gasteiger partial charge in [0.1, 0.15) is 11.6 Å². The van der Waals surface area contributed by atoms with Gasteiger partial charge in [-0.15, -0.1) is 0 Å². The van der Waals surface area contributed by atoms with Gasteiger partial charge in [-0.25, -0.2) is 9.97 Å². The summed E-state index contributed by atoms with van der Waals surface area (Å²) < 4.78 is 0. The fourth-order valence-electron chi connectivity index (χ4n) is 2.48. The maximum absolute atomic E-state index is 11.9. The minimum Gasteiger partial charge on any atom is -0.356 e. The lowest BCUT2D eigenvalue weighted by Gasteiger charge is -2.34. The normalized spacial score (nSPS) is 16.9. The Morgan fingerprint density at radius 1 is 1.33 bits per heavy atom. The SMILES string of the molecule is Cc1cc(N2CCC(NC(=O)C(C)(C)N)CC2)nc(C)n1. The van der Waals surface area contributed by atoms with Gasteiger partial charge in [0.2, 0.25) is 5.91 Å². The summed E-state index contributed by atoms with van der Waals surface area (Å²) in [4.78, 5) is 22.9. The van der Waals surface area contributed by atoms with Crippen molar-refractivity contribution >= 4 is 11.7 Å². The second kappa shape index (κ2) is 5.97. The van der Waals surface area contributed by atoms with Gasteiger partial charge in [-0.3, -0.25) is 4.79 Å². The van der Waals surface area contributed by atoms with Crippen LogP contribution in [-0.2, 0) is 4.79 Å². The highest BCUT2D eigenvalue weighted by atomic mass is 16.2. The highest BCUT2D eigenvalue weighted by Crippen LogP contribution is 2.19. The van der Waals surface area contributed by atoms with E-state index in [4.69, 9.17) is 5.73 Å². The first-order valence-electron chi connectivity index (χ1n) is 7.43. The first-order chi connectivity index (χ1) is 9.75. The van der Waals surface area contributed by atoms with E-state index < -0.39 is 5.54 Å². The predicted octanol–water partition coefficient (Wildman–Crippen LogP) is 0.916. The van der Waals surface area contributed by atoms with E-state index in [1.54, 1.807) is 13.8 Å². The first-order valence-corrected chi connectivity index (χ1v) is 7.43. The Morgan fingerprint density at radius 3 is 2.48 bits per heavy atom. The number of piperidine rings is 1. The Balaban J connectivity index is 1.93. The molecule has 2 heterocycles. The number of nitrogens with one attached hydrogen (secondary N) is 1. The van der Waals surface area contributed by atoms with Gasteiger partial charge in [-0.1, -0.05) is 0 Å². The van der Waals surface area contributed by atoms with Crippen LogP contribution in [0.2, 0.25) is 0 Å². The van der Waals surface area contributed by atoms with Crippen molar-refractivity contribution in [3.05, 3.63) is 17.6 Å². The lowest BCUT2D eigenvalue weighted by Crippen LogP contribution is -2.54. The van der Waals surface area contributed by atoms with Crippen LogP contribution in [0.15, 0.2) is 6.07 Å². The van der Waals surface area contributed by atoms with Crippen molar-refractivity contribution in [3.8, 4) is 0 Å². The van der Waals surface area contributed by atoms with E-state index in [0.717, 1.165) is 43.3 Å². The van der Waals surface area contributed by atoms with E-state index in [1.165, 1.54) is 0 Å². The topological polar surface area (TPSA) is 84.1 Å².